The van der Waals surface area contributed by atoms with Crippen LogP contribution in [0.2, 0.25) is 0 Å². The lowest BCUT2D eigenvalue weighted by molar-refractivity contribution is -0.385. The zero-order valence-electron chi connectivity index (χ0n) is 9.33. The van der Waals surface area contributed by atoms with Gasteiger partial charge in [-0.05, 0) is 13.1 Å². The van der Waals surface area contributed by atoms with Gasteiger partial charge < -0.3 is 21.3 Å². The van der Waals surface area contributed by atoms with Crippen molar-refractivity contribution in [3.05, 3.63) is 33.9 Å². The third-order valence-electron chi connectivity index (χ3n) is 2.38. The molecule has 0 aliphatic rings. The van der Waals surface area contributed by atoms with Gasteiger partial charge in [-0.2, -0.15) is 0 Å². The summed E-state index contributed by atoms with van der Waals surface area (Å²) in [5.41, 5.74) is 5.80. The number of nitrogens with two attached hydrogens (primary N) is 1. The van der Waals surface area contributed by atoms with Crippen molar-refractivity contribution in [2.24, 2.45) is 0 Å². The molecule has 2 unspecified atom stereocenters. The molecule has 0 saturated carbocycles. The quantitative estimate of drug-likeness (QED) is 0.321. The average molecular weight is 241 g/mol. The summed E-state index contributed by atoms with van der Waals surface area (Å²) in [4.78, 5) is 10.0. The lowest BCUT2D eigenvalue weighted by Gasteiger charge is -2.19. The Kier molecular flexibility index (Phi) is 4.38. The summed E-state index contributed by atoms with van der Waals surface area (Å²) in [6.45, 7) is 0.156. The van der Waals surface area contributed by atoms with Crippen LogP contribution < -0.4 is 11.1 Å². The number of benzene rings is 1. The standard InChI is InChI=1S/C10H15N3O4/c1-12-5-9(14)10(15)7-4-6(13(16)17)2-3-8(7)11/h2-4,9-10,12,14-15H,5,11H2,1H3. The van der Waals surface area contributed by atoms with Gasteiger partial charge in [0, 0.05) is 29.9 Å². The lowest BCUT2D eigenvalue weighted by atomic mass is 10.0. The number of non-ortho nitro benzene ring substituents is 1. The van der Waals surface area contributed by atoms with Gasteiger partial charge in [0.1, 0.15) is 6.10 Å². The predicted molar refractivity (Wildman–Crippen MR) is 62.4 cm³/mol. The van der Waals surface area contributed by atoms with Gasteiger partial charge in [0.2, 0.25) is 0 Å². The number of aliphatic hydroxyl groups excluding tert-OH is 2. The molecule has 0 bridgehead atoms. The van der Waals surface area contributed by atoms with Gasteiger partial charge >= 0.3 is 0 Å². The van der Waals surface area contributed by atoms with Crippen LogP contribution in [0.15, 0.2) is 18.2 Å². The highest BCUT2D eigenvalue weighted by molar-refractivity contribution is 5.53. The van der Waals surface area contributed by atoms with Crippen molar-refractivity contribution in [3.63, 3.8) is 0 Å². The minimum Gasteiger partial charge on any atom is -0.398 e. The number of hydrogen-bond donors (Lipinski definition) is 4. The fourth-order valence-corrected chi connectivity index (χ4v) is 1.46. The molecule has 7 nitrogen and oxygen atoms in total. The lowest BCUT2D eigenvalue weighted by Crippen LogP contribution is -2.30. The molecule has 0 saturated heterocycles. The topological polar surface area (TPSA) is 122 Å². The maximum Gasteiger partial charge on any atom is 0.269 e. The highest BCUT2D eigenvalue weighted by atomic mass is 16.6. The van der Waals surface area contributed by atoms with E-state index in [1.54, 1.807) is 7.05 Å². The molecule has 0 aliphatic carbocycles. The van der Waals surface area contributed by atoms with Gasteiger partial charge in [-0.15, -0.1) is 0 Å². The van der Waals surface area contributed by atoms with E-state index in [9.17, 15) is 20.3 Å². The van der Waals surface area contributed by atoms with Crippen LogP contribution in [-0.2, 0) is 0 Å². The molecule has 5 N–H and O–H groups in total. The zero-order chi connectivity index (χ0) is 13.0. The zero-order valence-corrected chi connectivity index (χ0v) is 9.33. The van der Waals surface area contributed by atoms with E-state index in [0.717, 1.165) is 0 Å². The Hall–Kier alpha value is -1.70. The van der Waals surface area contributed by atoms with E-state index in [1.165, 1.54) is 18.2 Å². The van der Waals surface area contributed by atoms with Crippen molar-refractivity contribution in [2.75, 3.05) is 19.3 Å². The van der Waals surface area contributed by atoms with E-state index >= 15 is 0 Å². The molecule has 1 aromatic rings. The predicted octanol–water partition coefficient (Wildman–Crippen LogP) is -0.209. The Bertz CT molecular complexity index is 411. The molecule has 0 spiro atoms. The second-order valence-electron chi connectivity index (χ2n) is 3.64. The molecule has 0 aromatic heterocycles. The third-order valence-corrected chi connectivity index (χ3v) is 2.38. The molecule has 94 valence electrons. The van der Waals surface area contributed by atoms with Gasteiger partial charge in [0.25, 0.3) is 5.69 Å². The summed E-state index contributed by atoms with van der Waals surface area (Å²) < 4.78 is 0. The summed E-state index contributed by atoms with van der Waals surface area (Å²) >= 11 is 0. The van der Waals surface area contributed by atoms with Crippen molar-refractivity contribution in [2.45, 2.75) is 12.2 Å². The minimum absolute atomic E-state index is 0.155. The Morgan fingerprint density at radius 1 is 1.53 bits per heavy atom. The molecule has 0 fully saturated rings. The van der Waals surface area contributed by atoms with Gasteiger partial charge in [0.05, 0.1) is 11.0 Å². The molecule has 1 rings (SSSR count). The van der Waals surface area contributed by atoms with Gasteiger partial charge in [-0.1, -0.05) is 0 Å². The van der Waals surface area contributed by atoms with Crippen LogP contribution in [0.5, 0.6) is 0 Å². The summed E-state index contributed by atoms with van der Waals surface area (Å²) in [5, 5.41) is 32.7. The van der Waals surface area contributed by atoms with Crippen LogP contribution in [-0.4, -0.2) is 34.8 Å². The first kappa shape index (κ1) is 13.4. The molecule has 17 heavy (non-hydrogen) atoms. The second-order valence-corrected chi connectivity index (χ2v) is 3.64. The van der Waals surface area contributed by atoms with E-state index < -0.39 is 17.1 Å². The van der Waals surface area contributed by atoms with E-state index in [2.05, 4.69) is 5.32 Å². The van der Waals surface area contributed by atoms with Crippen LogP contribution in [0.3, 0.4) is 0 Å². The molecular formula is C10H15N3O4. The van der Waals surface area contributed by atoms with Crippen molar-refractivity contribution in [1.82, 2.24) is 5.32 Å². The van der Waals surface area contributed by atoms with E-state index in [4.69, 9.17) is 5.73 Å². The normalized spacial score (nSPS) is 14.3. The van der Waals surface area contributed by atoms with Gasteiger partial charge in [0.15, 0.2) is 0 Å². The molecule has 0 aliphatic heterocycles. The van der Waals surface area contributed by atoms with Crippen LogP contribution >= 0.6 is 0 Å². The SMILES string of the molecule is CNCC(O)C(O)c1cc([N+](=O)[O-])ccc1N. The Morgan fingerprint density at radius 3 is 2.71 bits per heavy atom. The van der Waals surface area contributed by atoms with Crippen LogP contribution in [0, 0.1) is 10.1 Å². The smallest absolute Gasteiger partial charge is 0.269 e. The Balaban J connectivity index is 3.03. The van der Waals surface area contributed by atoms with E-state index in [1.807, 2.05) is 0 Å². The fraction of sp³-hybridized carbons (Fsp3) is 0.400. The first-order valence-electron chi connectivity index (χ1n) is 5.02. The number of rotatable bonds is 5. The van der Waals surface area contributed by atoms with Crippen molar-refractivity contribution < 1.29 is 15.1 Å². The molecule has 1 aromatic carbocycles. The maximum absolute atomic E-state index is 10.6. The number of aliphatic hydroxyl groups is 2. The van der Waals surface area contributed by atoms with E-state index in [0.29, 0.717) is 0 Å². The number of likely N-dealkylation sites (N-methyl/N-ethyl adjacent to an activating group) is 1. The summed E-state index contributed by atoms with van der Waals surface area (Å²) in [5.74, 6) is 0. The maximum atomic E-state index is 10.6. The number of nitrogens with zero attached hydrogens (tertiary/aromatic N) is 1. The third kappa shape index (κ3) is 3.13. The number of anilines is 1. The molecule has 0 radical (unpaired) electrons. The molecule has 2 atom stereocenters. The first-order valence-corrected chi connectivity index (χ1v) is 5.02. The minimum atomic E-state index is -1.26. The average Bonchev–Trinajstić information content (AvgIpc) is 2.28. The summed E-state index contributed by atoms with van der Waals surface area (Å²) in [6, 6.07) is 3.75. The van der Waals surface area contributed by atoms with E-state index in [-0.39, 0.29) is 23.5 Å². The Morgan fingerprint density at radius 2 is 2.18 bits per heavy atom. The van der Waals surface area contributed by atoms with Crippen LogP contribution in [0.1, 0.15) is 11.7 Å². The molecular weight excluding hydrogens is 226 g/mol. The van der Waals surface area contributed by atoms with Crippen molar-refractivity contribution in [3.8, 4) is 0 Å². The molecule has 0 heterocycles. The van der Waals surface area contributed by atoms with Gasteiger partial charge in [-0.3, -0.25) is 10.1 Å². The molecule has 7 heteroatoms. The highest BCUT2D eigenvalue weighted by Gasteiger charge is 2.22. The molecule has 0 amide bonds. The number of nitro groups is 1. The number of nitro benzene ring substituents is 1. The monoisotopic (exact) mass is 241 g/mol. The number of nitrogens with one attached hydrogen (secondary N) is 1. The van der Waals surface area contributed by atoms with Gasteiger partial charge in [-0.25, -0.2) is 0 Å². The largest absolute Gasteiger partial charge is 0.398 e. The van der Waals surface area contributed by atoms with Crippen LogP contribution in [0.4, 0.5) is 11.4 Å². The fourth-order valence-electron chi connectivity index (χ4n) is 1.46. The van der Waals surface area contributed by atoms with Crippen LogP contribution in [0.25, 0.3) is 0 Å². The van der Waals surface area contributed by atoms with Crippen molar-refractivity contribution in [1.29, 1.82) is 0 Å². The highest BCUT2D eigenvalue weighted by Crippen LogP contribution is 2.27. The number of hydrogen-bond acceptors (Lipinski definition) is 6. The second kappa shape index (κ2) is 5.58. The number of nitrogen functional groups attached to an aromatic ring is 1. The summed E-state index contributed by atoms with van der Waals surface area (Å²) in [6.07, 6.45) is -2.34. The summed E-state index contributed by atoms with van der Waals surface area (Å²) in [7, 11) is 1.62. The Labute approximate surface area is 98.0 Å². The van der Waals surface area contributed by atoms with Crippen molar-refractivity contribution >= 4 is 11.4 Å². The first-order chi connectivity index (χ1) is 7.97.